The van der Waals surface area contributed by atoms with E-state index < -0.39 is 0 Å². The molecule has 0 spiro atoms. The van der Waals surface area contributed by atoms with Crippen LogP contribution in [0.2, 0.25) is 0 Å². The number of aryl methyl sites for hydroxylation is 3. The van der Waals surface area contributed by atoms with Crippen molar-refractivity contribution in [3.8, 4) is 0 Å². The molecule has 0 bridgehead atoms. The fraction of sp³-hybridized carbons (Fsp3) is 0.364. The minimum absolute atomic E-state index is 0.250. The molecule has 0 aliphatic carbocycles. The van der Waals surface area contributed by atoms with Crippen LogP contribution in [0.3, 0.4) is 0 Å². The Labute approximate surface area is 79.2 Å². The normalized spacial score (nSPS) is 8.54. The molecule has 0 heterocycles. The van der Waals surface area contributed by atoms with E-state index in [2.05, 4.69) is 39.0 Å². The molecule has 0 unspecified atom stereocenters. The maximum absolute atomic E-state index is 8.36. The first kappa shape index (κ1) is 11.7. The van der Waals surface area contributed by atoms with E-state index in [0.717, 1.165) is 6.42 Å². The summed E-state index contributed by atoms with van der Waals surface area (Å²) >= 11 is 0. The summed E-state index contributed by atoms with van der Waals surface area (Å²) in [5, 5.41) is 6.89. The molecular weight excluding hydrogens is 164 g/mol. The lowest BCUT2D eigenvalue weighted by molar-refractivity contribution is -0.122. The summed E-state index contributed by atoms with van der Waals surface area (Å²) in [6.45, 7) is 6.25. The SMILES string of the molecule is CCc1ccc(C)cc1C.O=CO. The predicted octanol–water partition coefficient (Wildman–Crippen LogP) is 2.57. The Hall–Kier alpha value is -1.31. The van der Waals surface area contributed by atoms with Gasteiger partial charge in [0.25, 0.3) is 6.47 Å². The van der Waals surface area contributed by atoms with Crippen LogP contribution in [0.4, 0.5) is 0 Å². The minimum atomic E-state index is -0.250. The Morgan fingerprint density at radius 1 is 1.38 bits per heavy atom. The Morgan fingerprint density at radius 2 is 1.92 bits per heavy atom. The first-order valence-electron chi connectivity index (χ1n) is 4.29. The zero-order chi connectivity index (χ0) is 10.3. The van der Waals surface area contributed by atoms with Gasteiger partial charge < -0.3 is 5.11 Å². The van der Waals surface area contributed by atoms with Gasteiger partial charge in [-0.2, -0.15) is 0 Å². The van der Waals surface area contributed by atoms with Crippen molar-refractivity contribution in [3.05, 3.63) is 34.9 Å². The first-order chi connectivity index (χ1) is 6.15. The maximum Gasteiger partial charge on any atom is 0.290 e. The van der Waals surface area contributed by atoms with Crippen LogP contribution in [-0.4, -0.2) is 11.6 Å². The van der Waals surface area contributed by atoms with Gasteiger partial charge in [-0.05, 0) is 31.4 Å². The molecule has 72 valence electrons. The molecule has 1 N–H and O–H groups in total. The van der Waals surface area contributed by atoms with Crippen LogP contribution in [0.5, 0.6) is 0 Å². The topological polar surface area (TPSA) is 37.3 Å². The van der Waals surface area contributed by atoms with Gasteiger partial charge in [0.05, 0.1) is 0 Å². The smallest absolute Gasteiger partial charge is 0.290 e. The van der Waals surface area contributed by atoms with Crippen LogP contribution in [0.25, 0.3) is 0 Å². The molecule has 1 rings (SSSR count). The van der Waals surface area contributed by atoms with Crippen molar-refractivity contribution in [3.63, 3.8) is 0 Å². The Kier molecular flexibility index (Phi) is 5.60. The Bertz CT molecular complexity index is 267. The van der Waals surface area contributed by atoms with E-state index in [0.29, 0.717) is 0 Å². The minimum Gasteiger partial charge on any atom is -0.483 e. The molecule has 0 fully saturated rings. The largest absolute Gasteiger partial charge is 0.483 e. The van der Waals surface area contributed by atoms with E-state index in [9.17, 15) is 0 Å². The standard InChI is InChI=1S/C10H14.CH2O2/c1-4-10-6-5-8(2)7-9(10)3;2-1-3/h5-7H,4H2,1-3H3;1H,(H,2,3). The van der Waals surface area contributed by atoms with E-state index in [1.807, 2.05) is 0 Å². The average molecular weight is 180 g/mol. The highest BCUT2D eigenvalue weighted by Crippen LogP contribution is 2.10. The quantitative estimate of drug-likeness (QED) is 0.674. The van der Waals surface area contributed by atoms with Gasteiger partial charge in [0.2, 0.25) is 0 Å². The van der Waals surface area contributed by atoms with Gasteiger partial charge in [-0.15, -0.1) is 0 Å². The van der Waals surface area contributed by atoms with E-state index in [1.54, 1.807) is 0 Å². The van der Waals surface area contributed by atoms with Gasteiger partial charge in [0.1, 0.15) is 0 Å². The van der Waals surface area contributed by atoms with Crippen LogP contribution in [0.15, 0.2) is 18.2 Å². The number of hydrogen-bond donors (Lipinski definition) is 1. The molecule has 0 saturated carbocycles. The fourth-order valence-corrected chi connectivity index (χ4v) is 1.24. The molecule has 0 aliphatic rings. The monoisotopic (exact) mass is 180 g/mol. The van der Waals surface area contributed by atoms with Gasteiger partial charge in [-0.3, -0.25) is 4.79 Å². The van der Waals surface area contributed by atoms with Gasteiger partial charge in [0, 0.05) is 0 Å². The highest BCUT2D eigenvalue weighted by Gasteiger charge is 1.93. The molecule has 0 aliphatic heterocycles. The molecule has 0 saturated heterocycles. The van der Waals surface area contributed by atoms with Crippen molar-refractivity contribution in [2.45, 2.75) is 27.2 Å². The molecule has 0 atom stereocenters. The van der Waals surface area contributed by atoms with E-state index in [1.165, 1.54) is 16.7 Å². The predicted molar refractivity (Wildman–Crippen MR) is 54.0 cm³/mol. The van der Waals surface area contributed by atoms with Crippen molar-refractivity contribution in [1.82, 2.24) is 0 Å². The summed E-state index contributed by atoms with van der Waals surface area (Å²) in [5.74, 6) is 0. The van der Waals surface area contributed by atoms with Crippen LogP contribution < -0.4 is 0 Å². The zero-order valence-corrected chi connectivity index (χ0v) is 8.37. The summed E-state index contributed by atoms with van der Waals surface area (Å²) < 4.78 is 0. The van der Waals surface area contributed by atoms with Gasteiger partial charge in [-0.25, -0.2) is 0 Å². The summed E-state index contributed by atoms with van der Waals surface area (Å²) in [6, 6.07) is 6.62. The van der Waals surface area contributed by atoms with Crippen molar-refractivity contribution in [2.24, 2.45) is 0 Å². The molecule has 2 nitrogen and oxygen atoms in total. The second kappa shape index (κ2) is 6.23. The van der Waals surface area contributed by atoms with Gasteiger partial charge >= 0.3 is 0 Å². The Morgan fingerprint density at radius 3 is 2.31 bits per heavy atom. The number of carboxylic acid groups (broad SMARTS) is 1. The summed E-state index contributed by atoms with van der Waals surface area (Å²) in [7, 11) is 0. The lowest BCUT2D eigenvalue weighted by Gasteiger charge is -2.02. The fourth-order valence-electron chi connectivity index (χ4n) is 1.24. The third-order valence-electron chi connectivity index (χ3n) is 1.88. The number of hydrogen-bond acceptors (Lipinski definition) is 1. The number of benzene rings is 1. The molecule has 1 aromatic rings. The lowest BCUT2D eigenvalue weighted by Crippen LogP contribution is -1.85. The van der Waals surface area contributed by atoms with Gasteiger partial charge in [0.15, 0.2) is 0 Å². The summed E-state index contributed by atoms with van der Waals surface area (Å²) in [4.78, 5) is 8.36. The van der Waals surface area contributed by atoms with Gasteiger partial charge in [-0.1, -0.05) is 30.7 Å². The summed E-state index contributed by atoms with van der Waals surface area (Å²) in [6.07, 6.45) is 1.14. The second-order valence-corrected chi connectivity index (χ2v) is 2.89. The van der Waals surface area contributed by atoms with Crippen LogP contribution >= 0.6 is 0 Å². The van der Waals surface area contributed by atoms with Crippen LogP contribution in [0.1, 0.15) is 23.6 Å². The molecule has 0 amide bonds. The van der Waals surface area contributed by atoms with Crippen molar-refractivity contribution in [1.29, 1.82) is 0 Å². The molecule has 2 heteroatoms. The third-order valence-corrected chi connectivity index (χ3v) is 1.88. The van der Waals surface area contributed by atoms with E-state index in [4.69, 9.17) is 9.90 Å². The maximum atomic E-state index is 8.36. The van der Waals surface area contributed by atoms with Crippen LogP contribution in [0, 0.1) is 13.8 Å². The van der Waals surface area contributed by atoms with Crippen molar-refractivity contribution < 1.29 is 9.90 Å². The first-order valence-corrected chi connectivity index (χ1v) is 4.29. The third kappa shape index (κ3) is 4.31. The highest BCUT2D eigenvalue weighted by atomic mass is 16.3. The molecular formula is C11H16O2. The average Bonchev–Trinajstić information content (AvgIpc) is 2.06. The lowest BCUT2D eigenvalue weighted by atomic mass is 10.0. The number of rotatable bonds is 1. The van der Waals surface area contributed by atoms with Crippen molar-refractivity contribution >= 4 is 6.47 Å². The molecule has 0 radical (unpaired) electrons. The molecule has 13 heavy (non-hydrogen) atoms. The second-order valence-electron chi connectivity index (χ2n) is 2.89. The summed E-state index contributed by atoms with van der Waals surface area (Å²) in [5.41, 5.74) is 4.24. The van der Waals surface area contributed by atoms with E-state index in [-0.39, 0.29) is 6.47 Å². The van der Waals surface area contributed by atoms with Crippen LogP contribution in [-0.2, 0) is 11.2 Å². The molecule has 0 aromatic heterocycles. The number of carbonyl (C=O) groups is 1. The zero-order valence-electron chi connectivity index (χ0n) is 8.37. The highest BCUT2D eigenvalue weighted by molar-refractivity contribution is 5.32. The molecule has 1 aromatic carbocycles. The van der Waals surface area contributed by atoms with Crippen molar-refractivity contribution in [2.75, 3.05) is 0 Å². The van der Waals surface area contributed by atoms with E-state index >= 15 is 0 Å². The Balaban J connectivity index is 0.000000424.